The highest BCUT2D eigenvalue weighted by atomic mass is 35.5. The molecule has 0 fully saturated rings. The first-order chi connectivity index (χ1) is 7.68. The smallest absolute Gasteiger partial charge is 0.164 e. The van der Waals surface area contributed by atoms with E-state index < -0.39 is 0 Å². The maximum Gasteiger partial charge on any atom is 0.164 e. The highest BCUT2D eigenvalue weighted by Gasteiger charge is 2.06. The molecule has 4 heteroatoms. The summed E-state index contributed by atoms with van der Waals surface area (Å²) in [6.45, 7) is 0. The molecule has 0 atom stereocenters. The Morgan fingerprint density at radius 2 is 2.25 bits per heavy atom. The molecule has 0 bridgehead atoms. The summed E-state index contributed by atoms with van der Waals surface area (Å²) in [5, 5.41) is 4.92. The van der Waals surface area contributed by atoms with E-state index in [9.17, 15) is 0 Å². The Balaban J connectivity index is 2.48. The number of halogens is 1. The summed E-state index contributed by atoms with van der Waals surface area (Å²) in [6.07, 6.45) is 7.46. The molecule has 0 unspecified atom stereocenters. The topological polar surface area (TPSA) is 20.3 Å². The van der Waals surface area contributed by atoms with E-state index in [1.165, 1.54) is 0 Å². The van der Waals surface area contributed by atoms with Crippen LogP contribution < -0.4 is 0 Å². The third-order valence-electron chi connectivity index (χ3n) is 2.20. The van der Waals surface area contributed by atoms with Gasteiger partial charge in [-0.05, 0) is 12.1 Å². The van der Waals surface area contributed by atoms with Crippen molar-refractivity contribution in [2.45, 2.75) is 0 Å². The average molecular weight is 235 g/mol. The molecule has 82 valence electrons. The van der Waals surface area contributed by atoms with E-state index >= 15 is 0 Å². The third-order valence-corrected chi connectivity index (χ3v) is 2.53. The minimum absolute atomic E-state index is 0.690. The highest BCUT2D eigenvalue weighted by molar-refractivity contribution is 6.50. The summed E-state index contributed by atoms with van der Waals surface area (Å²) in [5.41, 5.74) is 1.95. The number of allylic oxidation sites excluding steroid dienone is 1. The molecule has 0 aromatic carbocycles. The van der Waals surface area contributed by atoms with Crippen LogP contribution >= 0.6 is 11.6 Å². The van der Waals surface area contributed by atoms with Crippen LogP contribution in [-0.4, -0.2) is 34.5 Å². The number of hydrogen-bond donors (Lipinski definition) is 0. The molecule has 2 aromatic rings. The zero-order valence-electron chi connectivity index (χ0n) is 9.26. The van der Waals surface area contributed by atoms with Gasteiger partial charge in [-0.1, -0.05) is 17.7 Å². The van der Waals surface area contributed by atoms with Crippen molar-refractivity contribution in [1.29, 1.82) is 0 Å². The Kier molecular flexibility index (Phi) is 3.06. The van der Waals surface area contributed by atoms with Gasteiger partial charge in [0.1, 0.15) is 14.1 Å². The Morgan fingerprint density at radius 3 is 3.00 bits per heavy atom. The number of fused-ring (bicyclic) bond motifs is 1. The van der Waals surface area contributed by atoms with Gasteiger partial charge >= 0.3 is 0 Å². The second-order valence-electron chi connectivity index (χ2n) is 3.72. The van der Waals surface area contributed by atoms with Crippen molar-refractivity contribution < 1.29 is 4.58 Å². The zero-order valence-corrected chi connectivity index (χ0v) is 10.0. The van der Waals surface area contributed by atoms with Gasteiger partial charge < -0.3 is 0 Å². The SMILES string of the molecule is C[N+](C)=C/C=C(\Cl)c1cnn2ccccc12. The largest absolute Gasteiger partial charge is 0.241 e. The molecular weight excluding hydrogens is 222 g/mol. The maximum absolute atomic E-state index is 6.22. The Morgan fingerprint density at radius 1 is 1.44 bits per heavy atom. The van der Waals surface area contributed by atoms with Gasteiger partial charge in [-0.15, -0.1) is 0 Å². The lowest BCUT2D eigenvalue weighted by molar-refractivity contribution is -0.458. The Bertz CT molecular complexity index is 562. The van der Waals surface area contributed by atoms with Crippen LogP contribution in [0.25, 0.3) is 10.5 Å². The monoisotopic (exact) mass is 234 g/mol. The number of pyridine rings is 1. The standard InChI is InChI=1S/C12H13ClN3/c1-15(2)8-6-11(13)10-9-14-16-7-4-3-5-12(10)16/h3-9H,1-2H3/q+1. The molecule has 0 N–H and O–H groups in total. The fourth-order valence-corrected chi connectivity index (χ4v) is 1.62. The Hall–Kier alpha value is -1.61. The minimum atomic E-state index is 0.690. The predicted molar refractivity (Wildman–Crippen MR) is 67.2 cm³/mol. The van der Waals surface area contributed by atoms with Crippen LogP contribution in [0.1, 0.15) is 5.56 Å². The maximum atomic E-state index is 6.22. The fourth-order valence-electron chi connectivity index (χ4n) is 1.42. The third kappa shape index (κ3) is 2.14. The molecule has 0 aliphatic rings. The number of hydrogen-bond acceptors (Lipinski definition) is 1. The lowest BCUT2D eigenvalue weighted by Crippen LogP contribution is -1.95. The molecule has 0 saturated carbocycles. The molecular formula is C12H13ClN3+. The van der Waals surface area contributed by atoms with Crippen molar-refractivity contribution in [1.82, 2.24) is 9.61 Å². The van der Waals surface area contributed by atoms with Crippen molar-refractivity contribution >= 4 is 28.4 Å². The first kappa shape index (κ1) is 10.9. The quantitative estimate of drug-likeness (QED) is 0.577. The van der Waals surface area contributed by atoms with Crippen LogP contribution in [0, 0.1) is 0 Å². The zero-order chi connectivity index (χ0) is 11.5. The average Bonchev–Trinajstić information content (AvgIpc) is 2.69. The van der Waals surface area contributed by atoms with Crippen molar-refractivity contribution in [2.75, 3.05) is 14.1 Å². The molecule has 0 radical (unpaired) electrons. The van der Waals surface area contributed by atoms with Crippen LogP contribution in [-0.2, 0) is 0 Å². The second kappa shape index (κ2) is 4.49. The molecule has 0 aliphatic heterocycles. The Labute approximate surface area is 99.3 Å². The van der Waals surface area contributed by atoms with Crippen molar-refractivity contribution in [2.24, 2.45) is 0 Å². The van der Waals surface area contributed by atoms with E-state index in [4.69, 9.17) is 11.6 Å². The van der Waals surface area contributed by atoms with E-state index in [2.05, 4.69) is 5.10 Å². The van der Waals surface area contributed by atoms with Crippen LogP contribution in [0.15, 0.2) is 36.7 Å². The van der Waals surface area contributed by atoms with Crippen molar-refractivity contribution in [3.63, 3.8) is 0 Å². The van der Waals surface area contributed by atoms with Gasteiger partial charge in [-0.3, -0.25) is 0 Å². The summed E-state index contributed by atoms with van der Waals surface area (Å²) in [7, 11) is 3.91. The van der Waals surface area contributed by atoms with Gasteiger partial charge in [0.25, 0.3) is 0 Å². The molecule has 16 heavy (non-hydrogen) atoms. The molecule has 0 saturated heterocycles. The summed E-state index contributed by atoms with van der Waals surface area (Å²) < 4.78 is 3.75. The molecule has 3 nitrogen and oxygen atoms in total. The van der Waals surface area contributed by atoms with E-state index in [0.29, 0.717) is 5.03 Å². The van der Waals surface area contributed by atoms with Crippen molar-refractivity contribution in [3.05, 3.63) is 42.2 Å². The van der Waals surface area contributed by atoms with Gasteiger partial charge in [0.2, 0.25) is 0 Å². The molecule has 2 aromatic heterocycles. The molecule has 2 rings (SSSR count). The van der Waals surface area contributed by atoms with E-state index in [1.807, 2.05) is 55.4 Å². The van der Waals surface area contributed by atoms with Gasteiger partial charge in [0, 0.05) is 17.8 Å². The van der Waals surface area contributed by atoms with Crippen LogP contribution in [0.3, 0.4) is 0 Å². The van der Waals surface area contributed by atoms with Crippen LogP contribution in [0.4, 0.5) is 0 Å². The first-order valence-electron chi connectivity index (χ1n) is 4.98. The normalized spacial score (nSPS) is 11.8. The molecule has 0 amide bonds. The summed E-state index contributed by atoms with van der Waals surface area (Å²) in [6, 6.07) is 5.90. The lowest BCUT2D eigenvalue weighted by Gasteiger charge is -1.95. The van der Waals surface area contributed by atoms with Gasteiger partial charge in [0.15, 0.2) is 6.21 Å². The van der Waals surface area contributed by atoms with Gasteiger partial charge in [0.05, 0.1) is 16.7 Å². The number of rotatable bonds is 2. The van der Waals surface area contributed by atoms with E-state index in [1.54, 1.807) is 10.7 Å². The summed E-state index contributed by atoms with van der Waals surface area (Å²) >= 11 is 6.22. The molecule has 0 spiro atoms. The predicted octanol–water partition coefficient (Wildman–Crippen LogP) is 2.26. The summed E-state index contributed by atoms with van der Waals surface area (Å²) in [5.74, 6) is 0. The lowest BCUT2D eigenvalue weighted by atomic mass is 10.2. The van der Waals surface area contributed by atoms with Gasteiger partial charge in [-0.25, -0.2) is 9.09 Å². The van der Waals surface area contributed by atoms with Crippen molar-refractivity contribution in [3.8, 4) is 0 Å². The number of aromatic nitrogens is 2. The van der Waals surface area contributed by atoms with E-state index in [0.717, 1.165) is 11.1 Å². The minimum Gasteiger partial charge on any atom is -0.241 e. The second-order valence-corrected chi connectivity index (χ2v) is 4.12. The molecule has 2 heterocycles. The number of nitrogens with zero attached hydrogens (tertiary/aromatic N) is 3. The summed E-state index contributed by atoms with van der Waals surface area (Å²) in [4.78, 5) is 0. The van der Waals surface area contributed by atoms with E-state index in [-0.39, 0.29) is 0 Å². The first-order valence-corrected chi connectivity index (χ1v) is 5.36. The van der Waals surface area contributed by atoms with Gasteiger partial charge in [-0.2, -0.15) is 5.10 Å². The van der Waals surface area contributed by atoms with Crippen LogP contribution in [0.2, 0.25) is 0 Å². The highest BCUT2D eigenvalue weighted by Crippen LogP contribution is 2.22. The van der Waals surface area contributed by atoms with Crippen LogP contribution in [0.5, 0.6) is 0 Å². The molecule has 0 aliphatic carbocycles. The fraction of sp³-hybridized carbons (Fsp3) is 0.167.